The van der Waals surface area contributed by atoms with Crippen LogP contribution in [0.4, 0.5) is 0 Å². The first kappa shape index (κ1) is 22.1. The summed E-state index contributed by atoms with van der Waals surface area (Å²) in [4.78, 5) is 11.2. The van der Waals surface area contributed by atoms with Crippen LogP contribution in [0.3, 0.4) is 0 Å². The highest BCUT2D eigenvalue weighted by atomic mass is 16.5. The van der Waals surface area contributed by atoms with Crippen molar-refractivity contribution in [3.63, 3.8) is 0 Å². The molecule has 0 spiro atoms. The molecule has 33 heavy (non-hydrogen) atoms. The normalized spacial score (nSPS) is 10.7. The van der Waals surface area contributed by atoms with Gasteiger partial charge in [-0.15, -0.1) is 0 Å². The molecule has 0 unspecified atom stereocenters. The third-order valence-electron chi connectivity index (χ3n) is 5.51. The molecule has 0 saturated carbocycles. The van der Waals surface area contributed by atoms with Gasteiger partial charge in [-0.3, -0.25) is 9.48 Å². The van der Waals surface area contributed by atoms with Crippen molar-refractivity contribution in [2.45, 2.75) is 19.4 Å². The molecule has 4 aromatic rings. The van der Waals surface area contributed by atoms with Gasteiger partial charge < -0.3 is 14.6 Å². The highest BCUT2D eigenvalue weighted by Crippen LogP contribution is 2.36. The quantitative estimate of drug-likeness (QED) is 0.390. The molecule has 6 nitrogen and oxygen atoms in total. The van der Waals surface area contributed by atoms with Crippen LogP contribution in [0.25, 0.3) is 22.5 Å². The van der Waals surface area contributed by atoms with Crippen LogP contribution in [-0.4, -0.2) is 35.1 Å². The summed E-state index contributed by atoms with van der Waals surface area (Å²) in [7, 11) is 3.26. The molecule has 0 radical (unpaired) electrons. The van der Waals surface area contributed by atoms with E-state index in [-0.39, 0.29) is 6.42 Å². The molecule has 0 aliphatic rings. The number of benzene rings is 3. The first-order valence-electron chi connectivity index (χ1n) is 10.7. The fourth-order valence-corrected chi connectivity index (χ4v) is 3.91. The van der Waals surface area contributed by atoms with E-state index in [1.165, 1.54) is 5.56 Å². The third kappa shape index (κ3) is 5.06. The molecular formula is C27H26N2O4. The zero-order chi connectivity index (χ0) is 23.2. The van der Waals surface area contributed by atoms with Gasteiger partial charge in [0.2, 0.25) is 0 Å². The second-order valence-corrected chi connectivity index (χ2v) is 7.68. The Morgan fingerprint density at radius 1 is 0.848 bits per heavy atom. The maximum atomic E-state index is 11.2. The second-order valence-electron chi connectivity index (χ2n) is 7.68. The van der Waals surface area contributed by atoms with Crippen molar-refractivity contribution >= 4 is 5.97 Å². The molecule has 0 aliphatic heterocycles. The molecular weight excluding hydrogens is 416 g/mol. The van der Waals surface area contributed by atoms with Crippen LogP contribution in [-0.2, 0) is 24.2 Å². The zero-order valence-electron chi connectivity index (χ0n) is 18.7. The van der Waals surface area contributed by atoms with E-state index in [1.807, 2.05) is 59.3 Å². The van der Waals surface area contributed by atoms with E-state index in [2.05, 4.69) is 12.1 Å². The van der Waals surface area contributed by atoms with E-state index >= 15 is 0 Å². The van der Waals surface area contributed by atoms with Gasteiger partial charge in [0.25, 0.3) is 0 Å². The fraction of sp³-hybridized carbons (Fsp3) is 0.185. The molecule has 0 saturated heterocycles. The molecule has 0 aliphatic carbocycles. The number of ether oxygens (including phenoxy) is 2. The molecule has 168 valence electrons. The van der Waals surface area contributed by atoms with Crippen molar-refractivity contribution in [1.82, 2.24) is 9.78 Å². The molecule has 1 N–H and O–H groups in total. The Hall–Kier alpha value is -4.06. The Morgan fingerprint density at radius 2 is 1.55 bits per heavy atom. The van der Waals surface area contributed by atoms with Gasteiger partial charge in [-0.1, -0.05) is 48.5 Å². The highest BCUT2D eigenvalue weighted by Gasteiger charge is 2.18. The molecule has 0 amide bonds. The first-order chi connectivity index (χ1) is 16.1. The smallest absolute Gasteiger partial charge is 0.307 e. The van der Waals surface area contributed by atoms with Crippen LogP contribution in [0.2, 0.25) is 0 Å². The van der Waals surface area contributed by atoms with Gasteiger partial charge in [0, 0.05) is 17.7 Å². The maximum Gasteiger partial charge on any atom is 0.307 e. The number of carbonyl (C=O) groups is 1. The largest absolute Gasteiger partial charge is 0.496 e. The molecule has 3 aromatic carbocycles. The van der Waals surface area contributed by atoms with Crippen molar-refractivity contribution in [3.05, 3.63) is 90.0 Å². The summed E-state index contributed by atoms with van der Waals surface area (Å²) in [5, 5.41) is 14.1. The lowest BCUT2D eigenvalue weighted by Crippen LogP contribution is -2.06. The number of aliphatic carboxylic acids is 1. The monoisotopic (exact) mass is 442 g/mol. The van der Waals surface area contributed by atoms with Crippen LogP contribution < -0.4 is 9.47 Å². The lowest BCUT2D eigenvalue weighted by molar-refractivity contribution is -0.136. The number of hydrogen-bond acceptors (Lipinski definition) is 4. The summed E-state index contributed by atoms with van der Waals surface area (Å²) >= 11 is 0. The van der Waals surface area contributed by atoms with Gasteiger partial charge in [-0.25, -0.2) is 0 Å². The van der Waals surface area contributed by atoms with Crippen molar-refractivity contribution in [1.29, 1.82) is 0 Å². The minimum Gasteiger partial charge on any atom is -0.496 e. The summed E-state index contributed by atoms with van der Waals surface area (Å²) in [6.45, 7) is 0.675. The molecule has 0 bridgehead atoms. The van der Waals surface area contributed by atoms with E-state index in [1.54, 1.807) is 26.4 Å². The number of aryl methyl sites for hydroxylation is 2. The summed E-state index contributed by atoms with van der Waals surface area (Å²) in [6, 6.07) is 25.5. The van der Waals surface area contributed by atoms with Crippen molar-refractivity contribution < 1.29 is 19.4 Å². The Bertz CT molecular complexity index is 1250. The standard InChI is InChI=1S/C27H26N2O4/c1-32-25-11-7-6-10-21(25)24-18-23(28-29(24)15-14-19-8-4-3-5-9-19)22-16-20(17-27(30)31)12-13-26(22)33-2/h3-13,16,18H,14-15,17H2,1-2H3,(H,30,31). The van der Waals surface area contributed by atoms with Gasteiger partial charge in [0.05, 0.1) is 32.0 Å². The molecule has 4 rings (SSSR count). The summed E-state index contributed by atoms with van der Waals surface area (Å²) in [6.07, 6.45) is 0.755. The van der Waals surface area contributed by atoms with Crippen LogP contribution in [0.5, 0.6) is 11.5 Å². The number of methoxy groups -OCH3 is 2. The minimum atomic E-state index is -0.880. The molecule has 1 heterocycles. The lowest BCUT2D eigenvalue weighted by atomic mass is 10.0. The van der Waals surface area contributed by atoms with Crippen LogP contribution in [0.1, 0.15) is 11.1 Å². The molecule has 6 heteroatoms. The average Bonchev–Trinajstić information content (AvgIpc) is 3.27. The average molecular weight is 443 g/mol. The predicted molar refractivity (Wildman–Crippen MR) is 128 cm³/mol. The number of carboxylic acids is 1. The van der Waals surface area contributed by atoms with Crippen molar-refractivity contribution in [3.8, 4) is 34.0 Å². The second kappa shape index (κ2) is 10.0. The lowest BCUT2D eigenvalue weighted by Gasteiger charge is -2.11. The Morgan fingerprint density at radius 3 is 2.27 bits per heavy atom. The van der Waals surface area contributed by atoms with Gasteiger partial charge in [-0.2, -0.15) is 5.10 Å². The van der Waals surface area contributed by atoms with Crippen molar-refractivity contribution in [2.24, 2.45) is 0 Å². The first-order valence-corrected chi connectivity index (χ1v) is 10.7. The maximum absolute atomic E-state index is 11.2. The van der Waals surface area contributed by atoms with Gasteiger partial charge in [-0.05, 0) is 47.9 Å². The van der Waals surface area contributed by atoms with E-state index in [0.29, 0.717) is 23.6 Å². The number of rotatable bonds is 9. The summed E-state index contributed by atoms with van der Waals surface area (Å²) < 4.78 is 13.2. The SMILES string of the molecule is COc1ccc(CC(=O)O)cc1-c1cc(-c2ccccc2OC)n(CCc2ccccc2)n1. The van der Waals surface area contributed by atoms with E-state index in [4.69, 9.17) is 14.6 Å². The molecule has 0 fully saturated rings. The Labute approximate surface area is 193 Å². The minimum absolute atomic E-state index is 0.0644. The Balaban J connectivity index is 1.80. The van der Waals surface area contributed by atoms with E-state index < -0.39 is 5.97 Å². The van der Waals surface area contributed by atoms with Gasteiger partial charge in [0.15, 0.2) is 0 Å². The van der Waals surface area contributed by atoms with Crippen molar-refractivity contribution in [2.75, 3.05) is 14.2 Å². The van der Waals surface area contributed by atoms with E-state index in [0.717, 1.165) is 29.0 Å². The summed E-state index contributed by atoms with van der Waals surface area (Å²) in [5.41, 5.74) is 5.24. The van der Waals surface area contributed by atoms with Gasteiger partial charge in [0.1, 0.15) is 11.5 Å². The van der Waals surface area contributed by atoms with E-state index in [9.17, 15) is 9.90 Å². The number of carboxylic acid groups (broad SMARTS) is 1. The number of para-hydroxylation sites is 1. The fourth-order valence-electron chi connectivity index (χ4n) is 3.91. The van der Waals surface area contributed by atoms with Crippen LogP contribution in [0, 0.1) is 0 Å². The molecule has 0 atom stereocenters. The Kier molecular flexibility index (Phi) is 6.74. The highest BCUT2D eigenvalue weighted by molar-refractivity contribution is 5.77. The third-order valence-corrected chi connectivity index (χ3v) is 5.51. The van der Waals surface area contributed by atoms with Gasteiger partial charge >= 0.3 is 5.97 Å². The summed E-state index contributed by atoms with van der Waals surface area (Å²) in [5.74, 6) is 0.522. The topological polar surface area (TPSA) is 73.6 Å². The number of hydrogen-bond donors (Lipinski definition) is 1. The zero-order valence-corrected chi connectivity index (χ0v) is 18.7. The number of aromatic nitrogens is 2. The predicted octanol–water partition coefficient (Wildman–Crippen LogP) is 5.10. The number of nitrogens with zero attached hydrogens (tertiary/aromatic N) is 2. The molecule has 1 aromatic heterocycles. The van der Waals surface area contributed by atoms with Crippen LogP contribution >= 0.6 is 0 Å². The van der Waals surface area contributed by atoms with Crippen LogP contribution in [0.15, 0.2) is 78.9 Å².